The Kier molecular flexibility index (Phi) is 9.01. The summed E-state index contributed by atoms with van der Waals surface area (Å²) >= 11 is 0. The molecule has 2 aromatic carbocycles. The molecule has 0 spiro atoms. The number of aliphatic hydroxyl groups excluding tert-OH is 2. The molecule has 0 bridgehead atoms. The summed E-state index contributed by atoms with van der Waals surface area (Å²) < 4.78 is 30.0. The minimum absolute atomic E-state index is 0.118. The zero-order chi connectivity index (χ0) is 26.3. The SMILES string of the molecule is COc1cc(C(=O)CCC(C)(CO)c2ccc(OC)c(-c3ccc(F)c(C)c3)n2)ccc1OCCO. The molecule has 1 heterocycles. The Morgan fingerprint density at radius 1 is 1.00 bits per heavy atom. The molecule has 8 heteroatoms. The molecule has 0 saturated heterocycles. The minimum atomic E-state index is -0.806. The number of pyridine rings is 1. The molecule has 1 unspecified atom stereocenters. The fourth-order valence-corrected chi connectivity index (χ4v) is 3.88. The molecule has 1 aromatic heterocycles. The van der Waals surface area contributed by atoms with E-state index in [1.807, 2.05) is 6.92 Å². The number of carbonyl (C=O) groups excluding carboxylic acids is 1. The molecule has 3 aromatic rings. The predicted molar refractivity (Wildman–Crippen MR) is 134 cm³/mol. The second-order valence-electron chi connectivity index (χ2n) is 8.79. The molecule has 0 amide bonds. The predicted octanol–water partition coefficient (Wildman–Crippen LogP) is 4.50. The summed E-state index contributed by atoms with van der Waals surface area (Å²) in [6.07, 6.45) is 0.504. The molecule has 36 heavy (non-hydrogen) atoms. The van der Waals surface area contributed by atoms with Gasteiger partial charge in [0.25, 0.3) is 0 Å². The highest BCUT2D eigenvalue weighted by Gasteiger charge is 2.30. The maximum absolute atomic E-state index is 13.8. The van der Waals surface area contributed by atoms with Crippen LogP contribution < -0.4 is 14.2 Å². The van der Waals surface area contributed by atoms with Gasteiger partial charge in [-0.1, -0.05) is 6.92 Å². The number of carbonyl (C=O) groups is 1. The molecule has 0 aliphatic heterocycles. The number of methoxy groups -OCH3 is 2. The van der Waals surface area contributed by atoms with Crippen molar-refractivity contribution >= 4 is 5.78 Å². The molecule has 0 fully saturated rings. The molecule has 192 valence electrons. The van der Waals surface area contributed by atoms with Crippen LogP contribution in [0.15, 0.2) is 48.5 Å². The zero-order valence-electron chi connectivity index (χ0n) is 21.0. The van der Waals surface area contributed by atoms with Gasteiger partial charge in [-0.05, 0) is 67.4 Å². The van der Waals surface area contributed by atoms with E-state index in [0.717, 1.165) is 0 Å². The van der Waals surface area contributed by atoms with Crippen LogP contribution >= 0.6 is 0 Å². The van der Waals surface area contributed by atoms with Crippen molar-refractivity contribution in [2.75, 3.05) is 34.0 Å². The highest BCUT2D eigenvalue weighted by molar-refractivity contribution is 5.96. The summed E-state index contributed by atoms with van der Waals surface area (Å²) in [7, 11) is 3.02. The van der Waals surface area contributed by atoms with Crippen LogP contribution in [0.2, 0.25) is 0 Å². The van der Waals surface area contributed by atoms with Crippen LogP contribution in [-0.4, -0.2) is 55.0 Å². The monoisotopic (exact) mass is 497 g/mol. The number of halogens is 1. The van der Waals surface area contributed by atoms with Gasteiger partial charge in [-0.15, -0.1) is 0 Å². The van der Waals surface area contributed by atoms with Crippen molar-refractivity contribution in [3.63, 3.8) is 0 Å². The van der Waals surface area contributed by atoms with E-state index >= 15 is 0 Å². The number of ether oxygens (including phenoxy) is 3. The average Bonchev–Trinajstić information content (AvgIpc) is 2.91. The van der Waals surface area contributed by atoms with Gasteiger partial charge >= 0.3 is 0 Å². The van der Waals surface area contributed by atoms with Crippen molar-refractivity contribution in [2.24, 2.45) is 0 Å². The smallest absolute Gasteiger partial charge is 0.163 e. The highest BCUT2D eigenvalue weighted by Crippen LogP contribution is 2.35. The largest absolute Gasteiger partial charge is 0.494 e. The van der Waals surface area contributed by atoms with Gasteiger partial charge in [0.1, 0.15) is 23.9 Å². The third-order valence-corrected chi connectivity index (χ3v) is 6.22. The number of hydrogen-bond donors (Lipinski definition) is 2. The molecule has 0 aliphatic carbocycles. The second kappa shape index (κ2) is 12.0. The van der Waals surface area contributed by atoms with Crippen molar-refractivity contribution < 1.29 is 33.6 Å². The number of nitrogens with zero attached hydrogens (tertiary/aromatic N) is 1. The van der Waals surface area contributed by atoms with Crippen LogP contribution in [-0.2, 0) is 5.41 Å². The van der Waals surface area contributed by atoms with Crippen molar-refractivity contribution in [3.8, 4) is 28.5 Å². The topological polar surface area (TPSA) is 98.1 Å². The highest BCUT2D eigenvalue weighted by atomic mass is 19.1. The number of aromatic nitrogens is 1. The van der Waals surface area contributed by atoms with Gasteiger partial charge in [-0.25, -0.2) is 9.37 Å². The van der Waals surface area contributed by atoms with Gasteiger partial charge in [0, 0.05) is 28.7 Å². The van der Waals surface area contributed by atoms with Gasteiger partial charge in [-0.3, -0.25) is 4.79 Å². The van der Waals surface area contributed by atoms with Crippen LogP contribution in [0.5, 0.6) is 17.2 Å². The minimum Gasteiger partial charge on any atom is -0.494 e. The number of aliphatic hydroxyl groups is 2. The fourth-order valence-electron chi connectivity index (χ4n) is 3.88. The fraction of sp³-hybridized carbons (Fsp3) is 0.357. The Bertz CT molecular complexity index is 1210. The van der Waals surface area contributed by atoms with Crippen LogP contribution in [0.25, 0.3) is 11.3 Å². The molecule has 0 aliphatic rings. The molecule has 0 saturated carbocycles. The van der Waals surface area contributed by atoms with Crippen LogP contribution in [0.3, 0.4) is 0 Å². The maximum Gasteiger partial charge on any atom is 0.163 e. The van der Waals surface area contributed by atoms with E-state index in [9.17, 15) is 14.3 Å². The van der Waals surface area contributed by atoms with E-state index in [1.165, 1.54) is 20.3 Å². The second-order valence-corrected chi connectivity index (χ2v) is 8.79. The Balaban J connectivity index is 1.84. The van der Waals surface area contributed by atoms with E-state index in [1.54, 1.807) is 49.4 Å². The molecule has 3 rings (SSSR count). The lowest BCUT2D eigenvalue weighted by molar-refractivity contribution is 0.0958. The van der Waals surface area contributed by atoms with E-state index in [4.69, 9.17) is 24.3 Å². The van der Waals surface area contributed by atoms with Crippen molar-refractivity contribution in [2.45, 2.75) is 32.1 Å². The summed E-state index contributed by atoms with van der Waals surface area (Å²) in [6, 6.07) is 13.1. The van der Waals surface area contributed by atoms with E-state index in [0.29, 0.717) is 51.7 Å². The Hall–Kier alpha value is -3.49. The van der Waals surface area contributed by atoms with E-state index < -0.39 is 5.41 Å². The number of ketones is 1. The average molecular weight is 498 g/mol. The zero-order valence-corrected chi connectivity index (χ0v) is 21.0. The number of Topliss-reactive ketones (excluding diaryl/α,β-unsaturated/α-hetero) is 1. The summed E-state index contributed by atoms with van der Waals surface area (Å²) in [4.78, 5) is 17.8. The quantitative estimate of drug-likeness (QED) is 0.356. The first-order valence-electron chi connectivity index (χ1n) is 11.6. The molecular weight excluding hydrogens is 465 g/mol. The van der Waals surface area contributed by atoms with E-state index in [-0.39, 0.29) is 37.8 Å². The summed E-state index contributed by atoms with van der Waals surface area (Å²) in [5, 5.41) is 19.3. The number of aryl methyl sites for hydroxylation is 1. The van der Waals surface area contributed by atoms with Gasteiger partial charge in [0.15, 0.2) is 17.3 Å². The Morgan fingerprint density at radius 3 is 2.36 bits per heavy atom. The van der Waals surface area contributed by atoms with Gasteiger partial charge in [0.2, 0.25) is 0 Å². The van der Waals surface area contributed by atoms with Crippen LogP contribution in [0.1, 0.15) is 41.4 Å². The first kappa shape index (κ1) is 27.1. The van der Waals surface area contributed by atoms with Gasteiger partial charge in [0.05, 0.1) is 27.4 Å². The normalized spacial score (nSPS) is 12.6. The van der Waals surface area contributed by atoms with Crippen LogP contribution in [0, 0.1) is 12.7 Å². The third kappa shape index (κ3) is 6.01. The first-order chi connectivity index (χ1) is 17.3. The Morgan fingerprint density at radius 2 is 1.72 bits per heavy atom. The maximum atomic E-state index is 13.8. The number of rotatable bonds is 12. The molecule has 2 N–H and O–H groups in total. The molecule has 1 atom stereocenters. The Labute approximate surface area is 210 Å². The van der Waals surface area contributed by atoms with Gasteiger partial charge in [-0.2, -0.15) is 0 Å². The number of benzene rings is 2. The lowest BCUT2D eigenvalue weighted by atomic mass is 9.81. The molecule has 7 nitrogen and oxygen atoms in total. The van der Waals surface area contributed by atoms with Crippen molar-refractivity contribution in [3.05, 3.63) is 71.2 Å². The lowest BCUT2D eigenvalue weighted by Crippen LogP contribution is -2.29. The molecular formula is C28H32FNO6. The van der Waals surface area contributed by atoms with E-state index in [2.05, 4.69) is 0 Å². The standard InChI is InChI=1S/C28H32FNO6/c1-18-15-20(5-7-21(18)29)27-24(34-3)9-10-26(30-27)28(2,17-32)12-11-22(33)19-6-8-23(36-14-13-31)25(16-19)35-4/h5-10,15-16,31-32H,11-14,17H2,1-4H3. The third-order valence-electron chi connectivity index (χ3n) is 6.22. The van der Waals surface area contributed by atoms with Crippen molar-refractivity contribution in [1.29, 1.82) is 0 Å². The van der Waals surface area contributed by atoms with Crippen LogP contribution in [0.4, 0.5) is 4.39 Å². The number of hydrogen-bond acceptors (Lipinski definition) is 7. The summed E-state index contributed by atoms with van der Waals surface area (Å²) in [5.74, 6) is 0.933. The van der Waals surface area contributed by atoms with Crippen molar-refractivity contribution in [1.82, 2.24) is 4.98 Å². The van der Waals surface area contributed by atoms with Gasteiger partial charge < -0.3 is 24.4 Å². The molecule has 0 radical (unpaired) electrons. The summed E-state index contributed by atoms with van der Waals surface area (Å²) in [5.41, 5.74) is 1.96. The first-order valence-corrected chi connectivity index (χ1v) is 11.6. The lowest BCUT2D eigenvalue weighted by Gasteiger charge is -2.27. The summed E-state index contributed by atoms with van der Waals surface area (Å²) in [6.45, 7) is 3.29.